The Morgan fingerprint density at radius 1 is 1.50 bits per heavy atom. The van der Waals surface area contributed by atoms with Crippen LogP contribution in [-0.2, 0) is 0 Å². The molecule has 0 aliphatic carbocycles. The van der Waals surface area contributed by atoms with Crippen molar-refractivity contribution in [3.8, 4) is 5.75 Å². The third-order valence-corrected chi connectivity index (χ3v) is 2.55. The molecular weight excluding hydrogens is 176 g/mol. The molecule has 76 valence electrons. The average molecular weight is 192 g/mol. The summed E-state index contributed by atoms with van der Waals surface area (Å²) in [5.41, 5.74) is 1.74. The Balaban J connectivity index is 3.21. The number of methoxy groups -OCH3 is 1. The monoisotopic (exact) mass is 192 g/mol. The Bertz CT molecular complexity index is 318. The standard InChI is InChI=1S/C12H16O2/c1-4-9(2)11-7-5-6-10(8-13)12(11)14-3/h5-9H,4H2,1-3H3. The van der Waals surface area contributed by atoms with Gasteiger partial charge in [0, 0.05) is 0 Å². The van der Waals surface area contributed by atoms with Gasteiger partial charge in [0.05, 0.1) is 12.7 Å². The summed E-state index contributed by atoms with van der Waals surface area (Å²) in [6, 6.07) is 5.69. The van der Waals surface area contributed by atoms with Crippen LogP contribution < -0.4 is 4.74 Å². The van der Waals surface area contributed by atoms with Crippen molar-refractivity contribution in [1.82, 2.24) is 0 Å². The first kappa shape index (κ1) is 10.8. The van der Waals surface area contributed by atoms with Crippen LogP contribution in [0.15, 0.2) is 18.2 Å². The molecule has 1 rings (SSSR count). The van der Waals surface area contributed by atoms with Gasteiger partial charge in [-0.15, -0.1) is 0 Å². The second kappa shape index (κ2) is 4.80. The fourth-order valence-electron chi connectivity index (χ4n) is 1.51. The lowest BCUT2D eigenvalue weighted by atomic mass is 9.96. The van der Waals surface area contributed by atoms with E-state index in [9.17, 15) is 4.79 Å². The molecule has 0 aliphatic heterocycles. The molecule has 0 fully saturated rings. The Morgan fingerprint density at radius 3 is 2.71 bits per heavy atom. The van der Waals surface area contributed by atoms with E-state index >= 15 is 0 Å². The third-order valence-electron chi connectivity index (χ3n) is 2.55. The molecule has 0 radical (unpaired) electrons. The van der Waals surface area contributed by atoms with E-state index in [4.69, 9.17) is 4.74 Å². The van der Waals surface area contributed by atoms with Crippen LogP contribution in [0.1, 0.15) is 42.1 Å². The number of aldehydes is 1. The van der Waals surface area contributed by atoms with Gasteiger partial charge >= 0.3 is 0 Å². The zero-order valence-corrected chi connectivity index (χ0v) is 8.91. The van der Waals surface area contributed by atoms with Gasteiger partial charge in [-0.3, -0.25) is 4.79 Å². The van der Waals surface area contributed by atoms with Gasteiger partial charge in [-0.1, -0.05) is 26.0 Å². The van der Waals surface area contributed by atoms with Gasteiger partial charge in [0.25, 0.3) is 0 Å². The Labute approximate surface area is 84.9 Å². The molecule has 1 aromatic rings. The molecule has 1 unspecified atom stereocenters. The number of ether oxygens (including phenoxy) is 1. The zero-order valence-electron chi connectivity index (χ0n) is 8.91. The minimum absolute atomic E-state index is 0.421. The predicted molar refractivity (Wildman–Crippen MR) is 57.1 cm³/mol. The number of carbonyl (C=O) groups excluding carboxylic acids is 1. The van der Waals surface area contributed by atoms with E-state index in [-0.39, 0.29) is 0 Å². The van der Waals surface area contributed by atoms with Gasteiger partial charge < -0.3 is 4.74 Å². The summed E-state index contributed by atoms with van der Waals surface area (Å²) in [6.45, 7) is 4.25. The van der Waals surface area contributed by atoms with Crippen molar-refractivity contribution in [2.75, 3.05) is 7.11 Å². The molecular formula is C12H16O2. The summed E-state index contributed by atoms with van der Waals surface area (Å²) in [6.07, 6.45) is 1.88. The summed E-state index contributed by atoms with van der Waals surface area (Å²) in [5.74, 6) is 1.14. The summed E-state index contributed by atoms with van der Waals surface area (Å²) >= 11 is 0. The Hall–Kier alpha value is -1.31. The van der Waals surface area contributed by atoms with Gasteiger partial charge in [-0.2, -0.15) is 0 Å². The van der Waals surface area contributed by atoms with Crippen molar-refractivity contribution in [3.05, 3.63) is 29.3 Å². The topological polar surface area (TPSA) is 26.3 Å². The highest BCUT2D eigenvalue weighted by Gasteiger charge is 2.12. The van der Waals surface area contributed by atoms with E-state index in [0.717, 1.165) is 24.0 Å². The van der Waals surface area contributed by atoms with Crippen LogP contribution in [0, 0.1) is 0 Å². The lowest BCUT2D eigenvalue weighted by molar-refractivity contribution is 0.112. The summed E-state index contributed by atoms with van der Waals surface area (Å²) < 4.78 is 5.26. The molecule has 1 atom stereocenters. The number of hydrogen-bond acceptors (Lipinski definition) is 2. The van der Waals surface area contributed by atoms with Crippen LogP contribution in [0.3, 0.4) is 0 Å². The van der Waals surface area contributed by atoms with Crippen molar-refractivity contribution in [1.29, 1.82) is 0 Å². The van der Waals surface area contributed by atoms with E-state index in [1.54, 1.807) is 13.2 Å². The van der Waals surface area contributed by atoms with E-state index in [2.05, 4.69) is 13.8 Å². The Morgan fingerprint density at radius 2 is 2.21 bits per heavy atom. The third kappa shape index (κ3) is 1.95. The highest BCUT2D eigenvalue weighted by Crippen LogP contribution is 2.30. The smallest absolute Gasteiger partial charge is 0.153 e. The van der Waals surface area contributed by atoms with Gasteiger partial charge in [-0.05, 0) is 24.0 Å². The minimum atomic E-state index is 0.421. The molecule has 14 heavy (non-hydrogen) atoms. The van der Waals surface area contributed by atoms with E-state index in [1.807, 2.05) is 12.1 Å². The SMILES string of the molecule is CCC(C)c1cccc(C=O)c1OC. The van der Waals surface area contributed by atoms with Crippen molar-refractivity contribution in [3.63, 3.8) is 0 Å². The lowest BCUT2D eigenvalue weighted by Gasteiger charge is -2.15. The maximum absolute atomic E-state index is 10.8. The first-order chi connectivity index (χ1) is 6.74. The van der Waals surface area contributed by atoms with Crippen molar-refractivity contribution in [2.24, 2.45) is 0 Å². The van der Waals surface area contributed by atoms with E-state index in [1.165, 1.54) is 0 Å². The van der Waals surface area contributed by atoms with Crippen molar-refractivity contribution < 1.29 is 9.53 Å². The normalized spacial score (nSPS) is 12.2. The van der Waals surface area contributed by atoms with E-state index in [0.29, 0.717) is 11.5 Å². The molecule has 0 N–H and O–H groups in total. The molecule has 1 aromatic carbocycles. The van der Waals surface area contributed by atoms with Crippen LogP contribution in [0.4, 0.5) is 0 Å². The predicted octanol–water partition coefficient (Wildman–Crippen LogP) is 3.02. The minimum Gasteiger partial charge on any atom is -0.496 e. The van der Waals surface area contributed by atoms with Gasteiger partial charge in [0.2, 0.25) is 0 Å². The fraction of sp³-hybridized carbons (Fsp3) is 0.417. The van der Waals surface area contributed by atoms with E-state index < -0.39 is 0 Å². The maximum Gasteiger partial charge on any atom is 0.153 e. The van der Waals surface area contributed by atoms with Crippen molar-refractivity contribution >= 4 is 6.29 Å². The molecule has 2 heteroatoms. The molecule has 0 aromatic heterocycles. The van der Waals surface area contributed by atoms with Crippen LogP contribution >= 0.6 is 0 Å². The molecule has 0 spiro atoms. The highest BCUT2D eigenvalue weighted by atomic mass is 16.5. The van der Waals surface area contributed by atoms with Crippen LogP contribution in [-0.4, -0.2) is 13.4 Å². The second-order valence-electron chi connectivity index (χ2n) is 3.40. The van der Waals surface area contributed by atoms with Gasteiger partial charge in [-0.25, -0.2) is 0 Å². The molecule has 2 nitrogen and oxygen atoms in total. The van der Waals surface area contributed by atoms with Crippen LogP contribution in [0.25, 0.3) is 0 Å². The lowest BCUT2D eigenvalue weighted by Crippen LogP contribution is -1.99. The van der Waals surface area contributed by atoms with Gasteiger partial charge in [0.15, 0.2) is 6.29 Å². The van der Waals surface area contributed by atoms with Gasteiger partial charge in [0.1, 0.15) is 5.75 Å². The molecule has 0 aliphatic rings. The largest absolute Gasteiger partial charge is 0.496 e. The number of rotatable bonds is 4. The van der Waals surface area contributed by atoms with Crippen molar-refractivity contribution in [2.45, 2.75) is 26.2 Å². The average Bonchev–Trinajstić information content (AvgIpc) is 2.26. The quantitative estimate of drug-likeness (QED) is 0.685. The first-order valence-corrected chi connectivity index (χ1v) is 4.86. The molecule has 0 amide bonds. The summed E-state index contributed by atoms with van der Waals surface area (Å²) in [4.78, 5) is 10.8. The van der Waals surface area contributed by atoms with Crippen LogP contribution in [0.5, 0.6) is 5.75 Å². The first-order valence-electron chi connectivity index (χ1n) is 4.86. The molecule has 0 saturated carbocycles. The van der Waals surface area contributed by atoms with Crippen LogP contribution in [0.2, 0.25) is 0 Å². The molecule has 0 bridgehead atoms. The second-order valence-corrected chi connectivity index (χ2v) is 3.40. The number of hydrogen-bond donors (Lipinski definition) is 0. The fourth-order valence-corrected chi connectivity index (χ4v) is 1.51. The number of para-hydroxylation sites is 1. The molecule has 0 saturated heterocycles. The highest BCUT2D eigenvalue weighted by molar-refractivity contribution is 5.80. The molecule has 0 heterocycles. The summed E-state index contributed by atoms with van der Waals surface area (Å²) in [7, 11) is 1.61. The zero-order chi connectivity index (χ0) is 10.6. The number of carbonyl (C=O) groups is 1. The maximum atomic E-state index is 10.8. The Kier molecular flexibility index (Phi) is 3.69. The number of benzene rings is 1. The summed E-state index contributed by atoms with van der Waals surface area (Å²) in [5, 5.41) is 0.